The Hall–Kier alpha value is -3.89. The summed E-state index contributed by atoms with van der Waals surface area (Å²) in [6.07, 6.45) is 0.423. The van der Waals surface area contributed by atoms with Crippen LogP contribution in [0.3, 0.4) is 0 Å². The number of hydroxylamine groups is 2. The molecule has 0 spiro atoms. The second kappa shape index (κ2) is 11.0. The molecule has 3 aromatic carbocycles. The maximum absolute atomic E-state index is 12.5. The zero-order valence-corrected chi connectivity index (χ0v) is 21.3. The van der Waals surface area contributed by atoms with E-state index < -0.39 is 22.0 Å². The van der Waals surface area contributed by atoms with Crippen molar-refractivity contribution in [3.8, 4) is 16.9 Å². The molecule has 0 saturated heterocycles. The van der Waals surface area contributed by atoms with Gasteiger partial charge < -0.3 is 19.4 Å². The third kappa shape index (κ3) is 6.28. The number of hydrogen-bond donors (Lipinski definition) is 1. The number of carboxylic acid groups (broad SMARTS) is 1. The normalized spacial score (nSPS) is 13.5. The molecule has 1 N–H and O–H groups in total. The van der Waals surface area contributed by atoms with E-state index in [1.807, 2.05) is 30.3 Å². The van der Waals surface area contributed by atoms with E-state index in [4.69, 9.17) is 14.3 Å². The summed E-state index contributed by atoms with van der Waals surface area (Å²) in [7, 11) is -2.02. The molecule has 194 valence electrons. The molecule has 0 unspecified atom stereocenters. The Bertz CT molecular complexity index is 1420. The molecule has 1 heterocycles. The molecule has 0 amide bonds. The number of benzene rings is 3. The van der Waals surface area contributed by atoms with Gasteiger partial charge in [-0.15, -0.1) is 5.06 Å². The van der Waals surface area contributed by atoms with E-state index in [9.17, 15) is 23.1 Å². The number of aliphatic carboxylic acids is 1. The van der Waals surface area contributed by atoms with Crippen molar-refractivity contribution >= 4 is 22.0 Å². The summed E-state index contributed by atoms with van der Waals surface area (Å²) in [5, 5.41) is 10.7. The monoisotopic (exact) mass is 525 g/mol. The lowest BCUT2D eigenvalue weighted by molar-refractivity contribution is -0.139. The minimum Gasteiger partial charge on any atom is -0.496 e. The Labute approximate surface area is 215 Å². The maximum Gasteiger partial charge on any atom is 0.528 e. The van der Waals surface area contributed by atoms with Gasteiger partial charge in [-0.2, -0.15) is 0 Å². The fourth-order valence-corrected chi connectivity index (χ4v) is 5.38. The Balaban J connectivity index is 1.66. The van der Waals surface area contributed by atoms with Crippen molar-refractivity contribution in [3.63, 3.8) is 0 Å². The zero-order chi connectivity index (χ0) is 26.6. The van der Waals surface area contributed by atoms with Gasteiger partial charge in [-0.05, 0) is 52.4 Å². The van der Waals surface area contributed by atoms with Gasteiger partial charge in [0.1, 0.15) is 12.4 Å². The first kappa shape index (κ1) is 26.2. The Kier molecular flexibility index (Phi) is 7.80. The molecule has 37 heavy (non-hydrogen) atoms. The van der Waals surface area contributed by atoms with Crippen LogP contribution in [0.5, 0.6) is 5.75 Å². The predicted octanol–water partition coefficient (Wildman–Crippen LogP) is 4.02. The lowest BCUT2D eigenvalue weighted by atomic mass is 9.90. The molecular formula is C27H27NO8S. The number of sulfone groups is 1. The minimum absolute atomic E-state index is 0.0567. The molecule has 0 aromatic heterocycles. The van der Waals surface area contributed by atoms with Gasteiger partial charge in [0.2, 0.25) is 0 Å². The summed E-state index contributed by atoms with van der Waals surface area (Å²) in [6.45, 7) is 0.442. The third-order valence-electron chi connectivity index (χ3n) is 6.05. The molecule has 10 heteroatoms. The number of methoxy groups -OCH3 is 1. The molecule has 3 aromatic rings. The van der Waals surface area contributed by atoms with Gasteiger partial charge in [-0.1, -0.05) is 42.5 Å². The maximum atomic E-state index is 12.5. The molecular weight excluding hydrogens is 498 g/mol. The molecule has 4 rings (SSSR count). The molecule has 0 radical (unpaired) electrons. The van der Waals surface area contributed by atoms with Crippen LogP contribution < -0.4 is 4.74 Å². The van der Waals surface area contributed by atoms with Crippen LogP contribution in [0.25, 0.3) is 11.1 Å². The van der Waals surface area contributed by atoms with Crippen LogP contribution in [-0.4, -0.2) is 50.6 Å². The van der Waals surface area contributed by atoms with Crippen molar-refractivity contribution in [1.29, 1.82) is 0 Å². The number of carbonyl (C=O) groups excluding carboxylic acids is 1. The Morgan fingerprint density at radius 2 is 1.73 bits per heavy atom. The second-order valence-electron chi connectivity index (χ2n) is 8.67. The van der Waals surface area contributed by atoms with Gasteiger partial charge in [-0.25, -0.2) is 13.2 Å². The summed E-state index contributed by atoms with van der Waals surface area (Å²) in [6, 6.07) is 17.5. The number of rotatable bonds is 8. The number of fused-ring (bicyclic) bond motifs is 1. The van der Waals surface area contributed by atoms with E-state index in [1.54, 1.807) is 30.3 Å². The molecule has 0 fully saturated rings. The zero-order valence-electron chi connectivity index (χ0n) is 20.5. The first-order valence-corrected chi connectivity index (χ1v) is 13.4. The van der Waals surface area contributed by atoms with Crippen LogP contribution in [-0.2, 0) is 50.2 Å². The highest BCUT2D eigenvalue weighted by atomic mass is 32.2. The van der Waals surface area contributed by atoms with Gasteiger partial charge in [0.25, 0.3) is 0 Å². The summed E-state index contributed by atoms with van der Waals surface area (Å²) in [5.74, 6) is -0.470. The molecule has 0 bridgehead atoms. The number of hydrogen-bond acceptors (Lipinski definition) is 8. The summed E-state index contributed by atoms with van der Waals surface area (Å²) >= 11 is 0. The van der Waals surface area contributed by atoms with Crippen LogP contribution in [0.2, 0.25) is 0 Å². The molecule has 0 aliphatic carbocycles. The SMILES string of the molecule is COc1ccc(CC(=O)O)cc1-c1ccc(S(C)(=O)=O)c2c1CN(OC(=O)OCc1ccccc1)CC2. The van der Waals surface area contributed by atoms with Gasteiger partial charge >= 0.3 is 12.1 Å². The summed E-state index contributed by atoms with van der Waals surface area (Å²) < 4.78 is 35.8. The Morgan fingerprint density at radius 3 is 2.41 bits per heavy atom. The third-order valence-corrected chi connectivity index (χ3v) is 7.23. The van der Waals surface area contributed by atoms with E-state index in [-0.39, 0.29) is 31.0 Å². The minimum atomic E-state index is -3.52. The van der Waals surface area contributed by atoms with Crippen LogP contribution in [0.15, 0.2) is 65.6 Å². The Morgan fingerprint density at radius 1 is 0.973 bits per heavy atom. The molecule has 0 atom stereocenters. The molecule has 1 aliphatic heterocycles. The number of carbonyl (C=O) groups is 2. The summed E-state index contributed by atoms with van der Waals surface area (Å²) in [4.78, 5) is 29.3. The lowest BCUT2D eigenvalue weighted by Crippen LogP contribution is -2.34. The standard InChI is InChI=1S/C27H27NO8S/c1-34-24-10-8-19(15-26(29)30)14-22(24)20-9-11-25(37(2,32)33)21-12-13-28(16-23(20)21)36-27(31)35-17-18-6-4-3-5-7-18/h3-11,14H,12-13,15-17H2,1-2H3,(H,29,30). The first-order valence-electron chi connectivity index (χ1n) is 11.5. The summed E-state index contributed by atoms with van der Waals surface area (Å²) in [5.41, 5.74) is 3.94. The second-order valence-corrected chi connectivity index (χ2v) is 10.7. The topological polar surface area (TPSA) is 119 Å². The van der Waals surface area contributed by atoms with E-state index in [2.05, 4.69) is 0 Å². The molecule has 0 saturated carbocycles. The highest BCUT2D eigenvalue weighted by Gasteiger charge is 2.29. The van der Waals surface area contributed by atoms with E-state index >= 15 is 0 Å². The van der Waals surface area contributed by atoms with Crippen LogP contribution in [0.1, 0.15) is 22.3 Å². The fraction of sp³-hybridized carbons (Fsp3) is 0.259. The van der Waals surface area contributed by atoms with E-state index in [0.717, 1.165) is 11.8 Å². The lowest BCUT2D eigenvalue weighted by Gasteiger charge is -2.30. The largest absolute Gasteiger partial charge is 0.528 e. The smallest absolute Gasteiger partial charge is 0.496 e. The van der Waals surface area contributed by atoms with Crippen LogP contribution >= 0.6 is 0 Å². The van der Waals surface area contributed by atoms with Gasteiger partial charge in [0.05, 0.1) is 25.0 Å². The first-order chi connectivity index (χ1) is 17.7. The van der Waals surface area contributed by atoms with Gasteiger partial charge in [-0.3, -0.25) is 4.79 Å². The highest BCUT2D eigenvalue weighted by Crippen LogP contribution is 2.39. The molecule has 1 aliphatic rings. The average Bonchev–Trinajstić information content (AvgIpc) is 2.86. The number of ether oxygens (including phenoxy) is 2. The molecule has 9 nitrogen and oxygen atoms in total. The van der Waals surface area contributed by atoms with Crippen molar-refractivity contribution in [2.45, 2.75) is 30.9 Å². The van der Waals surface area contributed by atoms with Gasteiger partial charge in [0.15, 0.2) is 9.84 Å². The van der Waals surface area contributed by atoms with Crippen LogP contribution in [0, 0.1) is 0 Å². The van der Waals surface area contributed by atoms with Crippen LogP contribution in [0.4, 0.5) is 4.79 Å². The van der Waals surface area contributed by atoms with Crippen molar-refractivity contribution in [2.24, 2.45) is 0 Å². The number of carboxylic acids is 1. The van der Waals surface area contributed by atoms with Crippen molar-refractivity contribution < 1.29 is 37.4 Å². The highest BCUT2D eigenvalue weighted by molar-refractivity contribution is 7.90. The predicted molar refractivity (Wildman–Crippen MR) is 135 cm³/mol. The van der Waals surface area contributed by atoms with Crippen molar-refractivity contribution in [2.75, 3.05) is 19.9 Å². The van der Waals surface area contributed by atoms with Crippen molar-refractivity contribution in [3.05, 3.63) is 82.9 Å². The van der Waals surface area contributed by atoms with Crippen molar-refractivity contribution in [1.82, 2.24) is 5.06 Å². The fourth-order valence-electron chi connectivity index (χ4n) is 4.39. The van der Waals surface area contributed by atoms with Gasteiger partial charge in [0, 0.05) is 18.4 Å². The quantitative estimate of drug-likeness (QED) is 0.435. The average molecular weight is 526 g/mol. The van der Waals surface area contributed by atoms with E-state index in [0.29, 0.717) is 40.0 Å². The number of nitrogens with zero attached hydrogens (tertiary/aromatic N) is 1. The van der Waals surface area contributed by atoms with E-state index in [1.165, 1.54) is 12.2 Å².